The Kier molecular flexibility index (Phi) is 12.4. The van der Waals surface area contributed by atoms with E-state index in [-0.39, 0.29) is 65.3 Å². The molecule has 18 nitrogen and oxygen atoms in total. The van der Waals surface area contributed by atoms with Crippen LogP contribution in [0.1, 0.15) is 113 Å². The molecule has 5 saturated carbocycles. The fraction of sp³-hybridized carbons (Fsp3) is 0.979. The van der Waals surface area contributed by atoms with Crippen molar-refractivity contribution in [2.75, 3.05) is 19.8 Å². The number of aliphatic hydroxyl groups is 9. The summed E-state index contributed by atoms with van der Waals surface area (Å²) in [5, 5.41) is 98.8. The lowest BCUT2D eigenvalue weighted by Crippen LogP contribution is -2.65. The van der Waals surface area contributed by atoms with Gasteiger partial charge in [-0.2, -0.15) is 0 Å². The van der Waals surface area contributed by atoms with E-state index >= 15 is 0 Å². The third-order valence-electron chi connectivity index (χ3n) is 19.2. The second-order valence-corrected chi connectivity index (χ2v) is 23.6. The van der Waals surface area contributed by atoms with E-state index in [9.17, 15) is 50.8 Å². The minimum Gasteiger partial charge on any atom is -0.457 e. The second-order valence-electron chi connectivity index (χ2n) is 23.6. The van der Waals surface area contributed by atoms with Crippen LogP contribution in [0, 0.1) is 44.8 Å². The van der Waals surface area contributed by atoms with E-state index in [1.54, 1.807) is 13.8 Å². The summed E-state index contributed by atoms with van der Waals surface area (Å²) >= 11 is 0. The Morgan fingerprint density at radius 2 is 1.25 bits per heavy atom. The fourth-order valence-electron chi connectivity index (χ4n) is 16.1. The van der Waals surface area contributed by atoms with Crippen LogP contribution in [0.2, 0.25) is 0 Å². The van der Waals surface area contributed by atoms with E-state index in [0.717, 1.165) is 32.1 Å². The van der Waals surface area contributed by atoms with Crippen LogP contribution in [0.5, 0.6) is 0 Å². The van der Waals surface area contributed by atoms with Gasteiger partial charge in [0.1, 0.15) is 48.8 Å². The van der Waals surface area contributed by atoms with Crippen LogP contribution in [0.3, 0.4) is 0 Å². The number of hydrogen-bond donors (Lipinski definition) is 9. The van der Waals surface area contributed by atoms with Crippen molar-refractivity contribution in [1.82, 2.24) is 0 Å². The highest BCUT2D eigenvalue weighted by atomic mass is 16.8. The minimum atomic E-state index is -1.68. The van der Waals surface area contributed by atoms with E-state index < -0.39 is 115 Å². The highest BCUT2D eigenvalue weighted by Gasteiger charge is 2.85. The Morgan fingerprint density at radius 3 is 1.85 bits per heavy atom. The van der Waals surface area contributed by atoms with Crippen LogP contribution >= 0.6 is 0 Å². The van der Waals surface area contributed by atoms with Gasteiger partial charge in [-0.25, -0.2) is 0 Å². The average Bonchev–Trinajstić information content (AvgIpc) is 3.58. The molecule has 9 N–H and O–H groups in total. The van der Waals surface area contributed by atoms with E-state index in [1.807, 2.05) is 0 Å². The monoisotopic (exact) mass is 929 g/mol. The smallest absolute Gasteiger partial charge is 0.303 e. The van der Waals surface area contributed by atoms with Crippen LogP contribution in [-0.2, 0) is 42.7 Å². The lowest BCUT2D eigenvalue weighted by molar-refractivity contribution is -0.359. The number of fused-ring (bicyclic) bond motifs is 2. The van der Waals surface area contributed by atoms with Gasteiger partial charge in [-0.1, -0.05) is 27.7 Å². The lowest BCUT2D eigenvalue weighted by Gasteiger charge is -2.65. The molecule has 0 aromatic rings. The van der Waals surface area contributed by atoms with Crippen LogP contribution in [0.25, 0.3) is 0 Å². The van der Waals surface area contributed by atoms with Gasteiger partial charge in [0.25, 0.3) is 0 Å². The number of esters is 1. The van der Waals surface area contributed by atoms with Crippen molar-refractivity contribution >= 4 is 5.97 Å². The minimum absolute atomic E-state index is 0.0813. The second kappa shape index (κ2) is 16.5. The molecule has 65 heavy (non-hydrogen) atoms. The van der Waals surface area contributed by atoms with Crippen LogP contribution in [-0.4, -0.2) is 181 Å². The highest BCUT2D eigenvalue weighted by Crippen LogP contribution is 2.89. The SMILES string of the molecule is CC(=O)O[C@@H]1CO[C@@H](O[C@H]2CC[C@]34C[C@]35CC[C@]3(C)[C@@H]([C@@]6(C)CC[C@@H](C(C)(C)O)O6)[C@@H](O)C[C@@]3(C)[C@@H]5C[C@H](O[C@H]3OC[C@H](O)[C@@H](O)[C@@H]3O)[C@@H]4C2(C)C)[C@H](O[C@H]2OC[C@@H](O)[C@@H](O)[C@@H]2O)[C@H]1O. The maximum atomic E-state index is 12.3. The van der Waals surface area contributed by atoms with Crippen molar-refractivity contribution in [3.05, 3.63) is 0 Å². The Hall–Kier alpha value is -1.17. The zero-order valence-corrected chi connectivity index (χ0v) is 39.2. The van der Waals surface area contributed by atoms with Gasteiger partial charge in [0.2, 0.25) is 0 Å². The molecule has 4 saturated heterocycles. The Morgan fingerprint density at radius 1 is 0.631 bits per heavy atom. The Bertz CT molecular complexity index is 1780. The third-order valence-corrected chi connectivity index (χ3v) is 19.2. The van der Waals surface area contributed by atoms with Gasteiger partial charge in [-0.05, 0) is 117 Å². The number of carbonyl (C=O) groups is 1. The number of aliphatic hydroxyl groups excluding tert-OH is 8. The van der Waals surface area contributed by atoms with Crippen molar-refractivity contribution in [3.63, 3.8) is 0 Å². The van der Waals surface area contributed by atoms with E-state index in [0.29, 0.717) is 25.7 Å². The molecule has 18 heteroatoms. The van der Waals surface area contributed by atoms with Crippen LogP contribution in [0.15, 0.2) is 0 Å². The maximum absolute atomic E-state index is 12.3. The van der Waals surface area contributed by atoms with Crippen LogP contribution < -0.4 is 0 Å². The summed E-state index contributed by atoms with van der Waals surface area (Å²) < 4.78 is 49.8. The highest BCUT2D eigenvalue weighted by molar-refractivity contribution is 5.66. The molecular formula is C47H76O18. The molecule has 2 spiro atoms. The molecule has 0 amide bonds. The van der Waals surface area contributed by atoms with Gasteiger partial charge >= 0.3 is 5.97 Å². The molecular weight excluding hydrogens is 852 g/mol. The normalized spacial score (nSPS) is 56.2. The lowest BCUT2D eigenvalue weighted by atomic mass is 9.41. The zero-order chi connectivity index (χ0) is 47.2. The average molecular weight is 929 g/mol. The van der Waals surface area contributed by atoms with Gasteiger partial charge in [0.05, 0.1) is 55.4 Å². The number of carbonyl (C=O) groups excluding carboxylic acids is 1. The summed E-state index contributed by atoms with van der Waals surface area (Å²) in [4.78, 5) is 12.0. The Balaban J connectivity index is 1.03. The largest absolute Gasteiger partial charge is 0.457 e. The quantitative estimate of drug-likeness (QED) is 0.112. The first kappa shape index (κ1) is 48.8. The predicted octanol–water partition coefficient (Wildman–Crippen LogP) is 0.397. The summed E-state index contributed by atoms with van der Waals surface area (Å²) in [5.74, 6) is -0.967. The number of ether oxygens (including phenoxy) is 8. The van der Waals surface area contributed by atoms with E-state index in [4.69, 9.17) is 37.9 Å². The molecule has 4 aliphatic heterocycles. The summed E-state index contributed by atoms with van der Waals surface area (Å²) in [7, 11) is 0. The van der Waals surface area contributed by atoms with Gasteiger partial charge < -0.3 is 83.9 Å². The molecule has 5 aliphatic carbocycles. The van der Waals surface area contributed by atoms with Crippen molar-refractivity contribution in [3.8, 4) is 0 Å². The van der Waals surface area contributed by atoms with Crippen molar-refractivity contribution < 1.29 is 88.6 Å². The van der Waals surface area contributed by atoms with E-state index in [1.165, 1.54) is 6.92 Å². The van der Waals surface area contributed by atoms with Gasteiger partial charge in [-0.15, -0.1) is 0 Å². The number of hydrogen-bond acceptors (Lipinski definition) is 18. The predicted molar refractivity (Wildman–Crippen MR) is 224 cm³/mol. The third kappa shape index (κ3) is 7.44. The maximum Gasteiger partial charge on any atom is 0.303 e. The van der Waals surface area contributed by atoms with Gasteiger partial charge in [0, 0.05) is 12.8 Å². The molecule has 0 aromatic carbocycles. The number of rotatable bonds is 9. The molecule has 9 fully saturated rings. The van der Waals surface area contributed by atoms with Gasteiger partial charge in [0.15, 0.2) is 25.0 Å². The first-order valence-corrected chi connectivity index (χ1v) is 24.1. The van der Waals surface area contributed by atoms with Crippen LogP contribution in [0.4, 0.5) is 0 Å². The fourth-order valence-corrected chi connectivity index (χ4v) is 16.1. The standard InChI is InChI=1S/C47H76O18/c1-21(48)61-26-19-60-40(35(32(26)54)64-39-34(56)31(53)24(51)18-59-39)63-28-10-12-47-20-46(47)14-13-43(6)36(45(8)11-9-29(65-45)42(4,5)57)22(49)16-44(43,7)27(46)15-25(37(47)41(28,2)3)62-38-33(55)30(52)23(50)17-58-38/h22-40,49-57H,9-20H2,1-8H3/t22-,23-,24+,25-,26+,27-,28-,29-,30+,31+,32-,33-,34-,35+,36-,37+,38+,39+,40-,43+,44-,45+,46-,47+/m0/s1. The first-order valence-electron chi connectivity index (χ1n) is 24.1. The zero-order valence-electron chi connectivity index (χ0n) is 39.2. The molecule has 9 rings (SSSR count). The molecule has 0 bridgehead atoms. The first-order chi connectivity index (χ1) is 30.2. The topological polar surface area (TPSA) is 273 Å². The molecule has 0 aromatic heterocycles. The molecule has 9 aliphatic rings. The molecule has 0 radical (unpaired) electrons. The van der Waals surface area contributed by atoms with Crippen molar-refractivity contribution in [2.45, 2.75) is 223 Å². The molecule has 24 atom stereocenters. The van der Waals surface area contributed by atoms with Crippen molar-refractivity contribution in [2.24, 2.45) is 44.8 Å². The van der Waals surface area contributed by atoms with Crippen molar-refractivity contribution in [1.29, 1.82) is 0 Å². The molecule has 4 heterocycles. The summed E-state index contributed by atoms with van der Waals surface area (Å²) in [5.41, 5.74) is -3.45. The van der Waals surface area contributed by atoms with E-state index in [2.05, 4.69) is 34.6 Å². The van der Waals surface area contributed by atoms with Gasteiger partial charge in [-0.3, -0.25) is 4.79 Å². The molecule has 0 unspecified atom stereocenters. The summed E-state index contributed by atoms with van der Waals surface area (Å²) in [6, 6.07) is 0. The Labute approximate surface area is 381 Å². The molecule has 372 valence electrons. The summed E-state index contributed by atoms with van der Waals surface area (Å²) in [6.45, 7) is 15.0. The summed E-state index contributed by atoms with van der Waals surface area (Å²) in [6.07, 6.45) is -12.5.